The van der Waals surface area contributed by atoms with Gasteiger partial charge in [0.2, 0.25) is 0 Å². The smallest absolute Gasteiger partial charge is 0.0717 e. The van der Waals surface area contributed by atoms with Crippen LogP contribution < -0.4 is 0 Å². The fraction of sp³-hybridized carbons (Fsp3) is 0.500. The van der Waals surface area contributed by atoms with Crippen molar-refractivity contribution in [3.63, 3.8) is 0 Å². The molecule has 0 spiro atoms. The number of hydrogen-bond acceptors (Lipinski definition) is 2. The van der Waals surface area contributed by atoms with Crippen molar-refractivity contribution in [3.8, 4) is 0 Å². The summed E-state index contributed by atoms with van der Waals surface area (Å²) in [6, 6.07) is 10.3. The molecule has 2 rings (SSSR count). The molecule has 0 saturated carbocycles. The Balaban J connectivity index is 1.75. The summed E-state index contributed by atoms with van der Waals surface area (Å²) in [6.45, 7) is 6.57. The molecule has 2 nitrogen and oxygen atoms in total. The van der Waals surface area contributed by atoms with Crippen molar-refractivity contribution in [3.05, 3.63) is 48.0 Å². The molecule has 3 atom stereocenters. The van der Waals surface area contributed by atoms with Gasteiger partial charge in [0.25, 0.3) is 0 Å². The van der Waals surface area contributed by atoms with Gasteiger partial charge in [-0.25, -0.2) is 0 Å². The van der Waals surface area contributed by atoms with Crippen LogP contribution >= 0.6 is 0 Å². The topological polar surface area (TPSA) is 18.5 Å². The second-order valence-electron chi connectivity index (χ2n) is 5.06. The predicted octanol–water partition coefficient (Wildman–Crippen LogP) is 3.43. The highest BCUT2D eigenvalue weighted by atomic mass is 16.5. The standard InChI is InChI=1S/C16H22O2/c1-13-7-6-10-18-16(13)14(2)11-17-12-15-8-4-3-5-9-15/h3-9,13-14,16H,10-12H2,1-2H3/t13-,14-,16-/m0/s1. The Labute approximate surface area is 110 Å². The lowest BCUT2D eigenvalue weighted by Crippen LogP contribution is -2.33. The van der Waals surface area contributed by atoms with Gasteiger partial charge in [0.05, 0.1) is 25.9 Å². The Morgan fingerprint density at radius 2 is 2.11 bits per heavy atom. The summed E-state index contributed by atoms with van der Waals surface area (Å²) in [4.78, 5) is 0. The first kappa shape index (κ1) is 13.3. The zero-order valence-electron chi connectivity index (χ0n) is 11.2. The number of rotatable bonds is 5. The normalized spacial score (nSPS) is 25.0. The molecule has 0 bridgehead atoms. The van der Waals surface area contributed by atoms with Crippen molar-refractivity contribution in [1.82, 2.24) is 0 Å². The molecule has 0 unspecified atom stereocenters. The number of hydrogen-bond donors (Lipinski definition) is 0. The van der Waals surface area contributed by atoms with Crippen LogP contribution in [-0.2, 0) is 16.1 Å². The van der Waals surface area contributed by atoms with E-state index in [9.17, 15) is 0 Å². The molecule has 1 aromatic rings. The first-order valence-electron chi connectivity index (χ1n) is 6.67. The Morgan fingerprint density at radius 3 is 2.83 bits per heavy atom. The zero-order chi connectivity index (χ0) is 12.8. The summed E-state index contributed by atoms with van der Waals surface area (Å²) >= 11 is 0. The van der Waals surface area contributed by atoms with E-state index in [4.69, 9.17) is 9.47 Å². The second-order valence-corrected chi connectivity index (χ2v) is 5.06. The first-order chi connectivity index (χ1) is 8.77. The average Bonchev–Trinajstić information content (AvgIpc) is 2.40. The molecular weight excluding hydrogens is 224 g/mol. The SMILES string of the molecule is C[C@H]1C=CCO[C@@H]1[C@@H](C)COCc1ccccc1. The van der Waals surface area contributed by atoms with E-state index in [0.29, 0.717) is 18.4 Å². The summed E-state index contributed by atoms with van der Waals surface area (Å²) in [5.74, 6) is 0.905. The number of ether oxygens (including phenoxy) is 2. The van der Waals surface area contributed by atoms with E-state index in [-0.39, 0.29) is 6.10 Å². The molecule has 0 radical (unpaired) electrons. The minimum absolute atomic E-state index is 0.283. The van der Waals surface area contributed by atoms with E-state index < -0.39 is 0 Å². The van der Waals surface area contributed by atoms with Crippen LogP contribution in [0.2, 0.25) is 0 Å². The fourth-order valence-corrected chi connectivity index (χ4v) is 2.41. The second kappa shape index (κ2) is 6.72. The van der Waals surface area contributed by atoms with Crippen molar-refractivity contribution < 1.29 is 9.47 Å². The van der Waals surface area contributed by atoms with Crippen LogP contribution in [-0.4, -0.2) is 19.3 Å². The van der Waals surface area contributed by atoms with E-state index in [1.54, 1.807) is 0 Å². The fourth-order valence-electron chi connectivity index (χ4n) is 2.41. The third-order valence-corrected chi connectivity index (χ3v) is 3.40. The molecule has 0 N–H and O–H groups in total. The molecule has 0 amide bonds. The molecular formula is C16H22O2. The van der Waals surface area contributed by atoms with Gasteiger partial charge in [-0.15, -0.1) is 0 Å². The Bertz CT molecular complexity index is 372. The third kappa shape index (κ3) is 3.69. The Morgan fingerprint density at radius 1 is 1.33 bits per heavy atom. The van der Waals surface area contributed by atoms with Gasteiger partial charge in [0.15, 0.2) is 0 Å². The minimum Gasteiger partial charge on any atom is -0.376 e. The average molecular weight is 246 g/mol. The monoisotopic (exact) mass is 246 g/mol. The molecule has 1 aliphatic heterocycles. The molecule has 0 fully saturated rings. The van der Waals surface area contributed by atoms with Crippen molar-refractivity contribution in [2.24, 2.45) is 11.8 Å². The van der Waals surface area contributed by atoms with E-state index in [0.717, 1.165) is 13.2 Å². The maximum absolute atomic E-state index is 5.79. The largest absolute Gasteiger partial charge is 0.376 e. The van der Waals surface area contributed by atoms with Gasteiger partial charge in [-0.05, 0) is 5.56 Å². The number of benzene rings is 1. The van der Waals surface area contributed by atoms with Crippen LogP contribution in [0.1, 0.15) is 19.4 Å². The quantitative estimate of drug-likeness (QED) is 0.741. The van der Waals surface area contributed by atoms with Crippen LogP contribution in [0.3, 0.4) is 0 Å². The highest BCUT2D eigenvalue weighted by Gasteiger charge is 2.24. The molecule has 98 valence electrons. The highest BCUT2D eigenvalue weighted by molar-refractivity contribution is 5.13. The summed E-state index contributed by atoms with van der Waals surface area (Å²) in [5, 5.41) is 0. The summed E-state index contributed by atoms with van der Waals surface area (Å²) in [5.41, 5.74) is 1.22. The van der Waals surface area contributed by atoms with Crippen LogP contribution in [0, 0.1) is 11.8 Å². The Kier molecular flexibility index (Phi) is 4.97. The summed E-state index contributed by atoms with van der Waals surface area (Å²) in [7, 11) is 0. The Hall–Kier alpha value is -1.12. The maximum Gasteiger partial charge on any atom is 0.0717 e. The van der Waals surface area contributed by atoms with Crippen LogP contribution in [0.4, 0.5) is 0 Å². The van der Waals surface area contributed by atoms with E-state index in [1.165, 1.54) is 5.56 Å². The molecule has 0 saturated heterocycles. The predicted molar refractivity (Wildman–Crippen MR) is 73.3 cm³/mol. The molecule has 1 heterocycles. The van der Waals surface area contributed by atoms with Crippen LogP contribution in [0.25, 0.3) is 0 Å². The van der Waals surface area contributed by atoms with E-state index in [1.807, 2.05) is 18.2 Å². The van der Waals surface area contributed by atoms with E-state index >= 15 is 0 Å². The maximum atomic E-state index is 5.79. The lowest BCUT2D eigenvalue weighted by molar-refractivity contribution is -0.0332. The molecule has 1 aromatic carbocycles. The van der Waals surface area contributed by atoms with Crippen molar-refractivity contribution in [2.45, 2.75) is 26.6 Å². The lowest BCUT2D eigenvalue weighted by atomic mass is 9.92. The summed E-state index contributed by atoms with van der Waals surface area (Å²) < 4.78 is 11.6. The van der Waals surface area contributed by atoms with Gasteiger partial charge in [-0.2, -0.15) is 0 Å². The van der Waals surface area contributed by atoms with Gasteiger partial charge in [-0.3, -0.25) is 0 Å². The van der Waals surface area contributed by atoms with Crippen molar-refractivity contribution in [1.29, 1.82) is 0 Å². The van der Waals surface area contributed by atoms with Gasteiger partial charge in [0.1, 0.15) is 0 Å². The lowest BCUT2D eigenvalue weighted by Gasteiger charge is -2.30. The zero-order valence-corrected chi connectivity index (χ0v) is 11.2. The highest BCUT2D eigenvalue weighted by Crippen LogP contribution is 2.22. The van der Waals surface area contributed by atoms with Crippen LogP contribution in [0.5, 0.6) is 0 Å². The summed E-state index contributed by atoms with van der Waals surface area (Å²) in [6.07, 6.45) is 4.62. The van der Waals surface area contributed by atoms with Gasteiger partial charge in [0, 0.05) is 11.8 Å². The van der Waals surface area contributed by atoms with Gasteiger partial charge >= 0.3 is 0 Å². The minimum atomic E-state index is 0.283. The van der Waals surface area contributed by atoms with Crippen molar-refractivity contribution >= 4 is 0 Å². The molecule has 18 heavy (non-hydrogen) atoms. The first-order valence-corrected chi connectivity index (χ1v) is 6.67. The van der Waals surface area contributed by atoms with Crippen molar-refractivity contribution in [2.75, 3.05) is 13.2 Å². The molecule has 0 aromatic heterocycles. The van der Waals surface area contributed by atoms with Gasteiger partial charge in [-0.1, -0.05) is 56.3 Å². The molecule has 2 heteroatoms. The van der Waals surface area contributed by atoms with E-state index in [2.05, 4.69) is 38.1 Å². The van der Waals surface area contributed by atoms with Crippen LogP contribution in [0.15, 0.2) is 42.5 Å². The molecule has 1 aliphatic rings. The molecule has 0 aliphatic carbocycles. The third-order valence-electron chi connectivity index (χ3n) is 3.40. The van der Waals surface area contributed by atoms with Gasteiger partial charge < -0.3 is 9.47 Å².